The van der Waals surface area contributed by atoms with Crippen LogP contribution >= 0.6 is 0 Å². The quantitative estimate of drug-likeness (QED) is 0.803. The Balaban J connectivity index is 1.73. The van der Waals surface area contributed by atoms with E-state index >= 15 is 0 Å². The first-order valence-electron chi connectivity index (χ1n) is 6.99. The van der Waals surface area contributed by atoms with Crippen LogP contribution in [0.25, 0.3) is 0 Å². The second-order valence-electron chi connectivity index (χ2n) is 5.41. The normalized spacial score (nSPS) is 22.0. The summed E-state index contributed by atoms with van der Waals surface area (Å²) in [6, 6.07) is -0.337. The van der Waals surface area contributed by atoms with Gasteiger partial charge in [0, 0.05) is 32.6 Å². The summed E-state index contributed by atoms with van der Waals surface area (Å²) in [5.41, 5.74) is 5.24. The number of amides is 3. The number of hydrogen-bond donors (Lipinski definition) is 1. The minimum atomic E-state index is -0.337. The molecule has 0 aromatic heterocycles. The van der Waals surface area contributed by atoms with Crippen molar-refractivity contribution in [1.29, 1.82) is 0 Å². The summed E-state index contributed by atoms with van der Waals surface area (Å²) >= 11 is 0. The first kappa shape index (κ1) is 13.2. The number of piperidine rings is 2. The van der Waals surface area contributed by atoms with Gasteiger partial charge in [-0.1, -0.05) is 0 Å². The van der Waals surface area contributed by atoms with Crippen molar-refractivity contribution in [2.45, 2.75) is 38.5 Å². The summed E-state index contributed by atoms with van der Waals surface area (Å²) in [4.78, 5) is 26.8. The van der Waals surface area contributed by atoms with Gasteiger partial charge in [0.15, 0.2) is 0 Å². The van der Waals surface area contributed by atoms with Gasteiger partial charge in [0.05, 0.1) is 0 Å². The fourth-order valence-electron chi connectivity index (χ4n) is 2.88. The molecule has 5 heteroatoms. The van der Waals surface area contributed by atoms with E-state index in [1.165, 1.54) is 6.42 Å². The Hall–Kier alpha value is -1.26. The average Bonchev–Trinajstić information content (AvgIpc) is 2.40. The lowest BCUT2D eigenvalue weighted by atomic mass is 9.93. The molecule has 0 spiro atoms. The van der Waals surface area contributed by atoms with Gasteiger partial charge in [0.2, 0.25) is 5.91 Å². The van der Waals surface area contributed by atoms with E-state index in [1.807, 2.05) is 4.90 Å². The Morgan fingerprint density at radius 1 is 0.944 bits per heavy atom. The largest absolute Gasteiger partial charge is 0.351 e. The van der Waals surface area contributed by atoms with Gasteiger partial charge in [0.25, 0.3) is 0 Å². The van der Waals surface area contributed by atoms with Crippen LogP contribution in [0.2, 0.25) is 0 Å². The van der Waals surface area contributed by atoms with Gasteiger partial charge in [-0.2, -0.15) is 0 Å². The Morgan fingerprint density at radius 2 is 1.56 bits per heavy atom. The monoisotopic (exact) mass is 253 g/mol. The molecule has 0 aromatic rings. The number of nitrogens with zero attached hydrogens (tertiary/aromatic N) is 2. The zero-order chi connectivity index (χ0) is 13.0. The summed E-state index contributed by atoms with van der Waals surface area (Å²) in [5.74, 6) is 0.724. The molecule has 18 heavy (non-hydrogen) atoms. The van der Waals surface area contributed by atoms with Crippen molar-refractivity contribution in [1.82, 2.24) is 9.80 Å². The lowest BCUT2D eigenvalue weighted by molar-refractivity contribution is -0.133. The zero-order valence-corrected chi connectivity index (χ0v) is 10.9. The number of carbonyl (C=O) groups excluding carboxylic acids is 2. The predicted octanol–water partition coefficient (Wildman–Crippen LogP) is 1.18. The van der Waals surface area contributed by atoms with E-state index < -0.39 is 0 Å². The number of hydrogen-bond acceptors (Lipinski definition) is 2. The third-order valence-electron chi connectivity index (χ3n) is 4.10. The number of urea groups is 1. The second kappa shape index (κ2) is 6.07. The van der Waals surface area contributed by atoms with E-state index in [9.17, 15) is 9.59 Å². The van der Waals surface area contributed by atoms with Crippen LogP contribution in [0.3, 0.4) is 0 Å². The van der Waals surface area contributed by atoms with Crippen LogP contribution in [0.4, 0.5) is 4.79 Å². The highest BCUT2D eigenvalue weighted by molar-refractivity contribution is 5.76. The SMILES string of the molecule is NC(=O)N1CCC(CC(=O)N2CCCCC2)CC1. The molecule has 5 nitrogen and oxygen atoms in total. The molecular weight excluding hydrogens is 230 g/mol. The molecule has 0 unspecified atom stereocenters. The van der Waals surface area contributed by atoms with Gasteiger partial charge in [-0.05, 0) is 38.0 Å². The molecule has 0 aromatic carbocycles. The van der Waals surface area contributed by atoms with Crippen LogP contribution in [-0.2, 0) is 4.79 Å². The van der Waals surface area contributed by atoms with Crippen molar-refractivity contribution in [3.8, 4) is 0 Å². The molecule has 0 atom stereocenters. The number of likely N-dealkylation sites (tertiary alicyclic amines) is 2. The fourth-order valence-corrected chi connectivity index (χ4v) is 2.88. The fraction of sp³-hybridized carbons (Fsp3) is 0.846. The highest BCUT2D eigenvalue weighted by atomic mass is 16.2. The summed E-state index contributed by atoms with van der Waals surface area (Å²) in [6.07, 6.45) is 6.00. The van der Waals surface area contributed by atoms with Crippen LogP contribution < -0.4 is 5.73 Å². The van der Waals surface area contributed by atoms with Gasteiger partial charge in [-0.25, -0.2) is 4.79 Å². The maximum Gasteiger partial charge on any atom is 0.314 e. The summed E-state index contributed by atoms with van der Waals surface area (Å²) in [7, 11) is 0. The number of nitrogens with two attached hydrogens (primary N) is 1. The van der Waals surface area contributed by atoms with E-state index in [0.717, 1.165) is 38.8 Å². The van der Waals surface area contributed by atoms with Gasteiger partial charge in [-0.15, -0.1) is 0 Å². The minimum Gasteiger partial charge on any atom is -0.351 e. The average molecular weight is 253 g/mol. The van der Waals surface area contributed by atoms with Crippen LogP contribution in [0.5, 0.6) is 0 Å². The highest BCUT2D eigenvalue weighted by Gasteiger charge is 2.25. The van der Waals surface area contributed by atoms with Crippen LogP contribution in [0.1, 0.15) is 38.5 Å². The Labute approximate surface area is 108 Å². The Morgan fingerprint density at radius 3 is 2.11 bits per heavy atom. The lowest BCUT2D eigenvalue weighted by Gasteiger charge is -2.32. The van der Waals surface area contributed by atoms with Crippen molar-refractivity contribution in [2.75, 3.05) is 26.2 Å². The van der Waals surface area contributed by atoms with E-state index in [1.54, 1.807) is 4.90 Å². The summed E-state index contributed by atoms with van der Waals surface area (Å²) in [6.45, 7) is 3.26. The van der Waals surface area contributed by atoms with E-state index in [0.29, 0.717) is 31.3 Å². The molecule has 0 radical (unpaired) electrons. The summed E-state index contributed by atoms with van der Waals surface area (Å²) < 4.78 is 0. The summed E-state index contributed by atoms with van der Waals surface area (Å²) in [5, 5.41) is 0. The van der Waals surface area contributed by atoms with Crippen LogP contribution in [0, 0.1) is 5.92 Å². The number of primary amides is 1. The topological polar surface area (TPSA) is 66.6 Å². The zero-order valence-electron chi connectivity index (χ0n) is 10.9. The second-order valence-corrected chi connectivity index (χ2v) is 5.41. The molecular formula is C13H23N3O2. The van der Waals surface area contributed by atoms with Crippen molar-refractivity contribution in [3.05, 3.63) is 0 Å². The Bertz CT molecular complexity index is 305. The van der Waals surface area contributed by atoms with E-state index in [2.05, 4.69) is 0 Å². The molecule has 2 aliphatic rings. The smallest absolute Gasteiger partial charge is 0.314 e. The number of rotatable bonds is 2. The molecule has 2 heterocycles. The lowest BCUT2D eigenvalue weighted by Crippen LogP contribution is -2.43. The van der Waals surface area contributed by atoms with Gasteiger partial charge in [0.1, 0.15) is 0 Å². The van der Waals surface area contributed by atoms with Crippen LogP contribution in [0.15, 0.2) is 0 Å². The third kappa shape index (κ3) is 3.37. The van der Waals surface area contributed by atoms with Crippen molar-refractivity contribution >= 4 is 11.9 Å². The van der Waals surface area contributed by atoms with E-state index in [4.69, 9.17) is 5.73 Å². The first-order chi connectivity index (χ1) is 8.66. The molecule has 3 amide bonds. The predicted molar refractivity (Wildman–Crippen MR) is 68.9 cm³/mol. The molecule has 0 bridgehead atoms. The molecule has 0 aliphatic carbocycles. The maximum atomic E-state index is 12.1. The molecule has 102 valence electrons. The number of carbonyl (C=O) groups is 2. The van der Waals surface area contributed by atoms with E-state index in [-0.39, 0.29) is 6.03 Å². The van der Waals surface area contributed by atoms with Crippen molar-refractivity contribution in [3.63, 3.8) is 0 Å². The first-order valence-corrected chi connectivity index (χ1v) is 6.99. The van der Waals surface area contributed by atoms with Crippen LogP contribution in [-0.4, -0.2) is 47.9 Å². The Kier molecular flexibility index (Phi) is 4.44. The van der Waals surface area contributed by atoms with Gasteiger partial charge in [-0.3, -0.25) is 4.79 Å². The molecule has 2 saturated heterocycles. The van der Waals surface area contributed by atoms with Gasteiger partial charge < -0.3 is 15.5 Å². The maximum absolute atomic E-state index is 12.1. The standard InChI is InChI=1S/C13H23N3O2/c14-13(18)16-8-4-11(5-9-16)10-12(17)15-6-2-1-3-7-15/h11H,1-10H2,(H2,14,18). The molecule has 2 rings (SSSR count). The molecule has 2 fully saturated rings. The van der Waals surface area contributed by atoms with Crippen molar-refractivity contribution < 1.29 is 9.59 Å². The highest BCUT2D eigenvalue weighted by Crippen LogP contribution is 2.22. The minimum absolute atomic E-state index is 0.298. The molecule has 0 saturated carbocycles. The van der Waals surface area contributed by atoms with Gasteiger partial charge >= 0.3 is 6.03 Å². The molecule has 2 N–H and O–H groups in total. The molecule has 2 aliphatic heterocycles. The third-order valence-corrected chi connectivity index (χ3v) is 4.10. The van der Waals surface area contributed by atoms with Crippen molar-refractivity contribution in [2.24, 2.45) is 11.7 Å².